The molecule has 1 aromatic carbocycles. The van der Waals surface area contributed by atoms with E-state index in [1.165, 1.54) is 18.2 Å². The van der Waals surface area contributed by atoms with E-state index >= 15 is 0 Å². The normalized spacial score (nSPS) is 11.5. The highest BCUT2D eigenvalue weighted by Crippen LogP contribution is 2.25. The second kappa shape index (κ2) is 7.18. The van der Waals surface area contributed by atoms with Gasteiger partial charge in [0.25, 0.3) is 0 Å². The zero-order chi connectivity index (χ0) is 16.0. The summed E-state index contributed by atoms with van der Waals surface area (Å²) in [7, 11) is 0. The van der Waals surface area contributed by atoms with Crippen LogP contribution in [0.5, 0.6) is 11.5 Å². The van der Waals surface area contributed by atoms with Crippen LogP contribution in [0.2, 0.25) is 0 Å². The average Bonchev–Trinajstić information content (AvgIpc) is 2.39. The molecule has 1 rings (SSSR count). The average molecular weight is 294 g/mol. The van der Waals surface area contributed by atoms with Gasteiger partial charge in [-0.1, -0.05) is 18.2 Å². The van der Waals surface area contributed by atoms with Crippen molar-refractivity contribution in [3.05, 3.63) is 35.9 Å². The highest BCUT2D eigenvalue weighted by Gasteiger charge is 2.20. The molecule has 1 aromatic rings. The number of benzene rings is 1. The lowest BCUT2D eigenvalue weighted by Crippen LogP contribution is -2.47. The first-order valence-corrected chi connectivity index (χ1v) is 6.22. The van der Waals surface area contributed by atoms with Gasteiger partial charge in [0.2, 0.25) is 0 Å². The molecule has 1 atom stereocenters. The Morgan fingerprint density at radius 3 is 2.48 bits per heavy atom. The van der Waals surface area contributed by atoms with Crippen LogP contribution in [-0.2, 0) is 11.2 Å². The van der Waals surface area contributed by atoms with Gasteiger partial charge >= 0.3 is 12.0 Å². The van der Waals surface area contributed by atoms with E-state index in [1.54, 1.807) is 6.92 Å². The van der Waals surface area contributed by atoms with Crippen LogP contribution in [0.4, 0.5) is 4.79 Å². The minimum Gasteiger partial charge on any atom is -0.504 e. The predicted octanol–water partition coefficient (Wildman–Crippen LogP) is 0.969. The first kappa shape index (κ1) is 16.4. The van der Waals surface area contributed by atoms with Crippen LogP contribution in [0.3, 0.4) is 0 Å². The molecule has 2 amide bonds. The van der Waals surface area contributed by atoms with Gasteiger partial charge in [-0.15, -0.1) is 0 Å². The number of aromatic hydroxyl groups is 2. The number of amides is 2. The Bertz CT molecular complexity index is 556. The lowest BCUT2D eigenvalue weighted by atomic mass is 10.1. The van der Waals surface area contributed by atoms with Crippen molar-refractivity contribution in [2.45, 2.75) is 19.4 Å². The van der Waals surface area contributed by atoms with E-state index in [9.17, 15) is 19.8 Å². The Morgan fingerprint density at radius 2 is 1.95 bits per heavy atom. The summed E-state index contributed by atoms with van der Waals surface area (Å²) < 4.78 is 0. The lowest BCUT2D eigenvalue weighted by molar-refractivity contribution is -0.139. The Kier molecular flexibility index (Phi) is 5.59. The predicted molar refractivity (Wildman–Crippen MR) is 76.2 cm³/mol. The highest BCUT2D eigenvalue weighted by atomic mass is 16.4. The largest absolute Gasteiger partial charge is 0.504 e. The molecule has 114 valence electrons. The molecule has 0 radical (unpaired) electrons. The maximum atomic E-state index is 11.6. The molecule has 0 heterocycles. The summed E-state index contributed by atoms with van der Waals surface area (Å²) in [6.45, 7) is 5.60. The van der Waals surface area contributed by atoms with E-state index in [1.807, 2.05) is 0 Å². The van der Waals surface area contributed by atoms with Gasteiger partial charge in [0.1, 0.15) is 6.04 Å². The van der Waals surface area contributed by atoms with Crippen molar-refractivity contribution >= 4 is 12.0 Å². The van der Waals surface area contributed by atoms with Gasteiger partial charge in [0.15, 0.2) is 11.5 Å². The van der Waals surface area contributed by atoms with Crippen molar-refractivity contribution in [2.24, 2.45) is 0 Å². The Hall–Kier alpha value is -2.70. The van der Waals surface area contributed by atoms with Crippen molar-refractivity contribution in [1.29, 1.82) is 0 Å². The van der Waals surface area contributed by atoms with Crippen LogP contribution in [0.25, 0.3) is 0 Å². The number of carbonyl (C=O) groups is 2. The van der Waals surface area contributed by atoms with Crippen molar-refractivity contribution < 1.29 is 24.9 Å². The minimum absolute atomic E-state index is 0.0241. The molecule has 0 saturated heterocycles. The fraction of sp³-hybridized carbons (Fsp3) is 0.286. The molecule has 0 aliphatic carbocycles. The molecular formula is C14H18N2O5. The first-order valence-electron chi connectivity index (χ1n) is 6.22. The standard InChI is InChI=1S/C14H18N2O5/c1-8(2)7-15-14(21)16-10(13(19)20)5-9-3-4-11(17)12(18)6-9/h3-4,6,10,17-18H,1,5,7H2,2H3,(H,19,20)(H2,15,16,21). The van der Waals surface area contributed by atoms with Crippen molar-refractivity contribution in [2.75, 3.05) is 6.54 Å². The number of carboxylic acid groups (broad SMARTS) is 1. The molecular weight excluding hydrogens is 276 g/mol. The van der Waals surface area contributed by atoms with E-state index in [0.29, 0.717) is 5.56 Å². The van der Waals surface area contributed by atoms with E-state index in [-0.39, 0.29) is 24.5 Å². The van der Waals surface area contributed by atoms with Crippen molar-refractivity contribution in [3.63, 3.8) is 0 Å². The fourth-order valence-corrected chi connectivity index (χ4v) is 1.57. The zero-order valence-electron chi connectivity index (χ0n) is 11.6. The summed E-state index contributed by atoms with van der Waals surface area (Å²) >= 11 is 0. The second-order valence-electron chi connectivity index (χ2n) is 4.70. The molecule has 7 nitrogen and oxygen atoms in total. The topological polar surface area (TPSA) is 119 Å². The summed E-state index contributed by atoms with van der Waals surface area (Å²) in [6, 6.07) is 2.20. The molecule has 5 N–H and O–H groups in total. The number of hydrogen-bond donors (Lipinski definition) is 5. The van der Waals surface area contributed by atoms with Crippen LogP contribution >= 0.6 is 0 Å². The summed E-state index contributed by atoms with van der Waals surface area (Å²) in [6.07, 6.45) is -0.0241. The first-order chi connectivity index (χ1) is 9.79. The molecule has 0 spiro atoms. The third-order valence-electron chi connectivity index (χ3n) is 2.63. The number of phenolic OH excluding ortho intramolecular Hbond substituents is 2. The van der Waals surface area contributed by atoms with Crippen molar-refractivity contribution in [1.82, 2.24) is 10.6 Å². The molecule has 0 fully saturated rings. The Morgan fingerprint density at radius 1 is 1.29 bits per heavy atom. The molecule has 0 aliphatic heterocycles. The molecule has 1 unspecified atom stereocenters. The number of aliphatic carboxylic acids is 1. The monoisotopic (exact) mass is 294 g/mol. The Labute approximate surface area is 121 Å². The molecule has 21 heavy (non-hydrogen) atoms. The molecule has 0 aliphatic rings. The van der Waals surface area contributed by atoms with Crippen LogP contribution in [-0.4, -0.2) is 39.9 Å². The van der Waals surface area contributed by atoms with E-state index in [2.05, 4.69) is 17.2 Å². The number of urea groups is 1. The number of carbonyl (C=O) groups excluding carboxylic acids is 1. The third-order valence-corrected chi connectivity index (χ3v) is 2.63. The van der Waals surface area contributed by atoms with Crippen LogP contribution in [0.1, 0.15) is 12.5 Å². The van der Waals surface area contributed by atoms with Crippen LogP contribution in [0, 0.1) is 0 Å². The van der Waals surface area contributed by atoms with Crippen LogP contribution in [0.15, 0.2) is 30.4 Å². The van der Waals surface area contributed by atoms with Gasteiger partial charge in [-0.05, 0) is 24.6 Å². The maximum absolute atomic E-state index is 11.6. The summed E-state index contributed by atoms with van der Waals surface area (Å²) in [4.78, 5) is 22.7. The van der Waals surface area contributed by atoms with E-state index in [0.717, 1.165) is 5.57 Å². The molecule has 0 bridgehead atoms. The number of phenols is 2. The van der Waals surface area contributed by atoms with Gasteiger partial charge in [0, 0.05) is 13.0 Å². The molecule has 7 heteroatoms. The summed E-state index contributed by atoms with van der Waals surface area (Å²) in [5.74, 6) is -1.84. The van der Waals surface area contributed by atoms with Gasteiger partial charge in [-0.2, -0.15) is 0 Å². The number of nitrogens with one attached hydrogen (secondary N) is 2. The summed E-state index contributed by atoms with van der Waals surface area (Å²) in [5.41, 5.74) is 1.21. The number of carboxylic acids is 1. The fourth-order valence-electron chi connectivity index (χ4n) is 1.57. The van der Waals surface area contributed by atoms with Crippen molar-refractivity contribution in [3.8, 4) is 11.5 Å². The quantitative estimate of drug-likeness (QED) is 0.395. The zero-order valence-corrected chi connectivity index (χ0v) is 11.6. The molecule has 0 aromatic heterocycles. The Balaban J connectivity index is 2.69. The van der Waals surface area contributed by atoms with Gasteiger partial charge in [0.05, 0.1) is 0 Å². The highest BCUT2D eigenvalue weighted by molar-refractivity contribution is 5.82. The number of hydrogen-bond acceptors (Lipinski definition) is 4. The summed E-state index contributed by atoms with van der Waals surface area (Å²) in [5, 5.41) is 32.5. The third kappa shape index (κ3) is 5.43. The number of rotatable bonds is 6. The van der Waals surface area contributed by atoms with Gasteiger partial charge < -0.3 is 26.0 Å². The van der Waals surface area contributed by atoms with E-state index in [4.69, 9.17) is 5.11 Å². The lowest BCUT2D eigenvalue weighted by Gasteiger charge is -2.15. The van der Waals surface area contributed by atoms with Gasteiger partial charge in [-0.3, -0.25) is 0 Å². The second-order valence-corrected chi connectivity index (χ2v) is 4.70. The van der Waals surface area contributed by atoms with E-state index < -0.39 is 18.0 Å². The maximum Gasteiger partial charge on any atom is 0.326 e. The minimum atomic E-state index is -1.20. The SMILES string of the molecule is C=C(C)CNC(=O)NC(Cc1ccc(O)c(O)c1)C(=O)O. The smallest absolute Gasteiger partial charge is 0.326 e. The van der Waals surface area contributed by atoms with Crippen LogP contribution < -0.4 is 10.6 Å². The van der Waals surface area contributed by atoms with Gasteiger partial charge in [-0.25, -0.2) is 9.59 Å². The molecule has 0 saturated carbocycles.